The van der Waals surface area contributed by atoms with Crippen LogP contribution in [0, 0.1) is 11.8 Å². The third kappa shape index (κ3) is 4.58. The van der Waals surface area contributed by atoms with E-state index in [1.807, 2.05) is 0 Å². The molecule has 6 aliphatic heterocycles. The van der Waals surface area contributed by atoms with E-state index in [9.17, 15) is 38.4 Å². The summed E-state index contributed by atoms with van der Waals surface area (Å²) in [6.07, 6.45) is -1.29. The highest BCUT2D eigenvalue weighted by Crippen LogP contribution is 2.61. The zero-order valence-corrected chi connectivity index (χ0v) is 31.1. The van der Waals surface area contributed by atoms with Gasteiger partial charge in [0.15, 0.2) is 11.4 Å². The molecule has 6 heterocycles. The van der Waals surface area contributed by atoms with Crippen molar-refractivity contribution in [2.75, 3.05) is 40.5 Å². The Morgan fingerprint density at radius 1 is 0.643 bits per heavy atom. The monoisotopic (exact) mass is 778 g/mol. The second-order valence-corrected chi connectivity index (χ2v) is 15.3. The summed E-state index contributed by atoms with van der Waals surface area (Å²) in [5.74, 6) is -4.39. The minimum atomic E-state index is -1.39. The fourth-order valence-corrected chi connectivity index (χ4v) is 10.4. The van der Waals surface area contributed by atoms with Crippen molar-refractivity contribution in [3.8, 4) is 0 Å². The van der Waals surface area contributed by atoms with Gasteiger partial charge in [0.2, 0.25) is 34.9 Å². The fourth-order valence-electron chi connectivity index (χ4n) is 10.4. The van der Waals surface area contributed by atoms with Crippen LogP contribution in [0.15, 0.2) is 45.1 Å². The number of ether oxygens (including phenoxy) is 4. The van der Waals surface area contributed by atoms with Gasteiger partial charge in [-0.15, -0.1) is 0 Å². The Morgan fingerprint density at radius 2 is 1.00 bits per heavy atom. The summed E-state index contributed by atoms with van der Waals surface area (Å²) in [5, 5.41) is 0. The molecule has 8 rings (SSSR count). The first-order valence-electron chi connectivity index (χ1n) is 18.2. The minimum Gasteiger partial charge on any atom is -0.449 e. The Bertz CT molecular complexity index is 1960. The normalized spacial score (nSPS) is 33.5. The summed E-state index contributed by atoms with van der Waals surface area (Å²) < 4.78 is 22.4. The summed E-state index contributed by atoms with van der Waals surface area (Å²) in [4.78, 5) is 111. The highest BCUT2D eigenvalue weighted by Gasteiger charge is 2.79. The van der Waals surface area contributed by atoms with Crippen LogP contribution in [0.4, 0.5) is 9.59 Å². The number of piperazine rings is 2. The van der Waals surface area contributed by atoms with Crippen LogP contribution < -0.4 is 22.9 Å². The second kappa shape index (κ2) is 12.4. The number of rotatable bonds is 11. The van der Waals surface area contributed by atoms with Crippen molar-refractivity contribution < 1.29 is 57.3 Å². The Labute approximate surface area is 319 Å². The molecule has 8 N–H and O–H groups in total. The van der Waals surface area contributed by atoms with Crippen LogP contribution in [-0.4, -0.2) is 143 Å². The summed E-state index contributed by atoms with van der Waals surface area (Å²) in [6, 6.07) is -1.86. The molecule has 0 bridgehead atoms. The molecule has 0 radical (unpaired) electrons. The summed E-state index contributed by atoms with van der Waals surface area (Å²) >= 11 is 0. The summed E-state index contributed by atoms with van der Waals surface area (Å²) in [5.41, 5.74) is 19.9. The van der Waals surface area contributed by atoms with E-state index in [-0.39, 0.29) is 108 Å². The third-order valence-electron chi connectivity index (χ3n) is 13.0. The van der Waals surface area contributed by atoms with Gasteiger partial charge in [0.1, 0.15) is 25.3 Å². The number of Topliss-reactive ketones (excluding diaryl/α,β-unsaturated/α-hetero) is 4. The number of amides is 4. The maximum Gasteiger partial charge on any atom is 0.404 e. The van der Waals surface area contributed by atoms with Crippen LogP contribution in [0.1, 0.15) is 39.5 Å². The predicted octanol–water partition coefficient (Wildman–Crippen LogP) is -2.25. The quantitative estimate of drug-likeness (QED) is 0.0979. The van der Waals surface area contributed by atoms with Gasteiger partial charge in [0.05, 0.1) is 46.7 Å². The number of ketones is 4. The van der Waals surface area contributed by atoms with Crippen LogP contribution in [0.25, 0.3) is 0 Å². The number of hydrogen-bond donors (Lipinski definition) is 4. The molecule has 0 aromatic heterocycles. The lowest BCUT2D eigenvalue weighted by atomic mass is 9.82. The smallest absolute Gasteiger partial charge is 0.404 e. The Balaban J connectivity index is 0.919. The molecule has 4 amide bonds. The van der Waals surface area contributed by atoms with Crippen molar-refractivity contribution in [2.45, 2.75) is 75.1 Å². The molecule has 20 nitrogen and oxygen atoms in total. The molecular formula is C36H42N8O12. The van der Waals surface area contributed by atoms with Crippen molar-refractivity contribution in [1.29, 1.82) is 0 Å². The number of primary amides is 2. The Morgan fingerprint density at radius 3 is 1.32 bits per heavy atom. The van der Waals surface area contributed by atoms with Crippen molar-refractivity contribution >= 4 is 47.1 Å². The van der Waals surface area contributed by atoms with E-state index >= 15 is 0 Å². The van der Waals surface area contributed by atoms with Crippen LogP contribution in [0.2, 0.25) is 0 Å². The largest absolute Gasteiger partial charge is 0.449 e. The van der Waals surface area contributed by atoms with E-state index in [0.717, 1.165) is 0 Å². The van der Waals surface area contributed by atoms with E-state index in [4.69, 9.17) is 41.9 Å². The topological polar surface area (TPSA) is 290 Å². The fraction of sp³-hybridized carbons (Fsp3) is 0.556. The molecule has 0 saturated carbocycles. The first kappa shape index (κ1) is 37.2. The van der Waals surface area contributed by atoms with Crippen LogP contribution in [-0.2, 0) is 47.7 Å². The van der Waals surface area contributed by atoms with Crippen LogP contribution >= 0.6 is 0 Å². The van der Waals surface area contributed by atoms with E-state index < -0.39 is 70.7 Å². The molecule has 0 spiro atoms. The lowest BCUT2D eigenvalue weighted by molar-refractivity contribution is -0.154. The number of allylic oxidation sites excluding steroid dienone is 4. The molecular weight excluding hydrogens is 736 g/mol. The first-order valence-corrected chi connectivity index (χ1v) is 18.2. The van der Waals surface area contributed by atoms with E-state index in [0.29, 0.717) is 12.8 Å². The van der Waals surface area contributed by atoms with Gasteiger partial charge in [-0.25, -0.2) is 9.59 Å². The predicted molar refractivity (Wildman–Crippen MR) is 186 cm³/mol. The van der Waals surface area contributed by atoms with Crippen molar-refractivity contribution in [2.24, 2.45) is 34.8 Å². The molecule has 4 saturated heterocycles. The van der Waals surface area contributed by atoms with Crippen LogP contribution in [0.3, 0.4) is 0 Å². The van der Waals surface area contributed by atoms with Gasteiger partial charge < -0.3 is 61.5 Å². The summed E-state index contributed by atoms with van der Waals surface area (Å²) in [7, 11) is 2.80. The SMILES string of the molecule is CO[C@@]12[C@H](COC(N)=O)C3=C(C(=O)C(C)=C(N)C3=O)N1C[C@H]1[C@@H]2N1C(=O)CCCCC(=O)N1[C@H]2[C@@H]1CN1C3=C(C(=O)C(N)=C(C)C3=O)[C@@H](COC(N)=O)[C@@]21OC. The molecule has 8 atom stereocenters. The molecule has 2 aliphatic carbocycles. The molecule has 8 aliphatic rings. The van der Waals surface area contributed by atoms with E-state index in [2.05, 4.69) is 0 Å². The number of carbonyl (C=O) groups excluding carboxylic acids is 8. The average Bonchev–Trinajstić information content (AvgIpc) is 3.90. The van der Waals surface area contributed by atoms with Gasteiger partial charge >= 0.3 is 12.2 Å². The van der Waals surface area contributed by atoms with E-state index in [1.54, 1.807) is 19.6 Å². The maximum atomic E-state index is 13.6. The first-order chi connectivity index (χ1) is 26.5. The molecule has 20 heteroatoms. The second-order valence-electron chi connectivity index (χ2n) is 15.3. The van der Waals surface area contributed by atoms with Crippen molar-refractivity contribution in [3.63, 3.8) is 0 Å². The Kier molecular flexibility index (Phi) is 8.21. The van der Waals surface area contributed by atoms with Gasteiger partial charge in [-0.1, -0.05) is 0 Å². The number of hydrogen-bond acceptors (Lipinski definition) is 16. The highest BCUT2D eigenvalue weighted by atomic mass is 16.6. The number of carbonyl (C=O) groups is 8. The lowest BCUT2D eigenvalue weighted by Gasteiger charge is -2.41. The zero-order chi connectivity index (χ0) is 40.5. The van der Waals surface area contributed by atoms with Crippen LogP contribution in [0.5, 0.6) is 0 Å². The Hall–Kier alpha value is -5.76. The van der Waals surface area contributed by atoms with Gasteiger partial charge in [0.25, 0.3) is 0 Å². The average molecular weight is 779 g/mol. The number of fused-ring (bicyclic) bond motifs is 8. The number of methoxy groups -OCH3 is 2. The van der Waals surface area contributed by atoms with Crippen molar-refractivity contribution in [1.82, 2.24) is 19.6 Å². The standard InChI is InChI=1S/C36H42N8O12/c1-13-23(37)29(49)21-15(11-55-33(39)51)35(53-3)31-17(9-41(35)25(21)27(13)47)43(31)19(45)7-5-6-8-20(46)44-18-10-42-26-22(30(50)24(38)14(2)28(26)48)16(12-56-34(40)52)36(42,54-4)32(18)44/h15-18,31-32H,5-12,37-38H2,1-4H3,(H2,39,51)(H2,40,52)/t15-,16-,17+,18+,31+,32+,35-,36-,43?,44?/m1/s1. The highest BCUT2D eigenvalue weighted by molar-refractivity contribution is 6.26. The molecule has 4 fully saturated rings. The van der Waals surface area contributed by atoms with Crippen molar-refractivity contribution in [3.05, 3.63) is 45.1 Å². The van der Waals surface area contributed by atoms with Gasteiger partial charge in [-0.2, -0.15) is 0 Å². The number of nitrogens with zero attached hydrogens (tertiary/aromatic N) is 4. The van der Waals surface area contributed by atoms with Gasteiger partial charge in [0, 0.05) is 62.4 Å². The molecule has 0 unspecified atom stereocenters. The third-order valence-corrected chi connectivity index (χ3v) is 13.0. The molecule has 298 valence electrons. The molecule has 0 aromatic carbocycles. The summed E-state index contributed by atoms with van der Waals surface area (Å²) in [6.45, 7) is 2.55. The number of unbranched alkanes of at least 4 members (excludes halogenated alkanes) is 1. The molecule has 56 heavy (non-hydrogen) atoms. The molecule has 0 aromatic rings. The maximum absolute atomic E-state index is 13.6. The van der Waals surface area contributed by atoms with Gasteiger partial charge in [-0.05, 0) is 26.7 Å². The van der Waals surface area contributed by atoms with Gasteiger partial charge in [-0.3, -0.25) is 28.8 Å². The number of nitrogens with two attached hydrogens (primary N) is 4. The minimum absolute atomic E-state index is 0.0602. The van der Waals surface area contributed by atoms with E-state index in [1.165, 1.54) is 28.1 Å². The zero-order valence-electron chi connectivity index (χ0n) is 31.1. The lowest BCUT2D eigenvalue weighted by Crippen LogP contribution is -2.56.